The van der Waals surface area contributed by atoms with Crippen molar-refractivity contribution < 1.29 is 9.90 Å². The summed E-state index contributed by atoms with van der Waals surface area (Å²) in [5.74, 6) is -0.286. The van der Waals surface area contributed by atoms with E-state index in [1.54, 1.807) is 17.6 Å². The van der Waals surface area contributed by atoms with Gasteiger partial charge in [-0.3, -0.25) is 0 Å². The van der Waals surface area contributed by atoms with Crippen LogP contribution in [-0.2, 0) is 0 Å². The number of rotatable bonds is 3. The number of anilines is 1. The summed E-state index contributed by atoms with van der Waals surface area (Å²) in [6.07, 6.45) is 0. The Balaban J connectivity index is 2.24. The van der Waals surface area contributed by atoms with E-state index in [2.05, 4.69) is 10.4 Å². The number of carbonyl (C=O) groups is 1. The molecule has 2 aromatic heterocycles. The van der Waals surface area contributed by atoms with Crippen LogP contribution in [0.3, 0.4) is 0 Å². The summed E-state index contributed by atoms with van der Waals surface area (Å²) in [6, 6.07) is 15.4. The Labute approximate surface area is 115 Å². The number of pyridine rings is 1. The third-order valence-electron chi connectivity index (χ3n) is 3.14. The smallest absolute Gasteiger partial charge is 0.356 e. The van der Waals surface area contributed by atoms with Gasteiger partial charge in [-0.15, -0.1) is 0 Å². The van der Waals surface area contributed by atoms with Gasteiger partial charge in [0.1, 0.15) is 5.82 Å². The summed E-state index contributed by atoms with van der Waals surface area (Å²) in [5.41, 5.74) is 2.86. The maximum Gasteiger partial charge on any atom is 0.356 e. The molecular weight excluding hydrogens is 254 g/mol. The molecule has 0 aliphatic rings. The third-order valence-corrected chi connectivity index (χ3v) is 3.14. The molecule has 2 N–H and O–H groups in total. The van der Waals surface area contributed by atoms with Crippen LogP contribution in [0.15, 0.2) is 48.5 Å². The van der Waals surface area contributed by atoms with Crippen LogP contribution >= 0.6 is 0 Å². The second kappa shape index (κ2) is 4.70. The molecule has 0 unspecified atom stereocenters. The van der Waals surface area contributed by atoms with Crippen LogP contribution in [0.2, 0.25) is 0 Å². The van der Waals surface area contributed by atoms with Crippen LogP contribution in [-0.4, -0.2) is 27.7 Å². The lowest BCUT2D eigenvalue weighted by atomic mass is 10.1. The number of benzene rings is 1. The summed E-state index contributed by atoms with van der Waals surface area (Å²) in [4.78, 5) is 11.0. The first kappa shape index (κ1) is 12.2. The number of fused-ring (bicyclic) bond motifs is 1. The second-order valence-corrected chi connectivity index (χ2v) is 4.42. The van der Waals surface area contributed by atoms with E-state index < -0.39 is 5.97 Å². The van der Waals surface area contributed by atoms with E-state index in [1.807, 2.05) is 42.5 Å². The van der Waals surface area contributed by atoms with E-state index in [9.17, 15) is 4.79 Å². The molecule has 0 saturated carbocycles. The van der Waals surface area contributed by atoms with Crippen molar-refractivity contribution in [3.05, 3.63) is 54.2 Å². The highest BCUT2D eigenvalue weighted by molar-refractivity contribution is 5.88. The molecule has 0 saturated heterocycles. The molecule has 1 aromatic carbocycles. The number of aromatic nitrogens is 2. The largest absolute Gasteiger partial charge is 0.476 e. The Morgan fingerprint density at radius 3 is 2.55 bits per heavy atom. The molecule has 0 amide bonds. The molecule has 0 atom stereocenters. The molecule has 0 spiro atoms. The van der Waals surface area contributed by atoms with Crippen molar-refractivity contribution in [3.8, 4) is 11.1 Å². The predicted molar refractivity (Wildman–Crippen MR) is 77.1 cm³/mol. The molecule has 3 aromatic rings. The van der Waals surface area contributed by atoms with Gasteiger partial charge in [0.2, 0.25) is 0 Å². The number of carboxylic acid groups (broad SMARTS) is 1. The predicted octanol–water partition coefficient (Wildman–Crippen LogP) is 2.74. The lowest BCUT2D eigenvalue weighted by molar-refractivity contribution is 0.0690. The highest BCUT2D eigenvalue weighted by Gasteiger charge is 2.12. The number of nitrogens with one attached hydrogen (secondary N) is 1. The quantitative estimate of drug-likeness (QED) is 0.765. The average Bonchev–Trinajstić information content (AvgIpc) is 2.91. The lowest BCUT2D eigenvalue weighted by Crippen LogP contribution is -2.02. The Bertz CT molecular complexity index is 778. The fourth-order valence-corrected chi connectivity index (χ4v) is 2.18. The van der Waals surface area contributed by atoms with E-state index in [4.69, 9.17) is 5.11 Å². The molecule has 0 aliphatic carbocycles. The van der Waals surface area contributed by atoms with Crippen LogP contribution in [0.4, 0.5) is 5.82 Å². The Morgan fingerprint density at radius 2 is 1.90 bits per heavy atom. The van der Waals surface area contributed by atoms with Crippen molar-refractivity contribution in [1.29, 1.82) is 0 Å². The molecule has 0 fully saturated rings. The van der Waals surface area contributed by atoms with E-state index >= 15 is 0 Å². The van der Waals surface area contributed by atoms with Gasteiger partial charge in [-0.05, 0) is 29.3 Å². The minimum atomic E-state index is -1.03. The van der Waals surface area contributed by atoms with Gasteiger partial charge in [0.05, 0.1) is 5.52 Å². The van der Waals surface area contributed by atoms with Crippen LogP contribution < -0.4 is 5.32 Å². The molecule has 5 heteroatoms. The standard InChI is InChI=1S/C15H13N3O2/c1-16-14-8-11(10-5-3-2-4-6-10)7-12-9-13(15(19)20)17-18(12)14/h2-9,16H,1H3,(H,19,20). The summed E-state index contributed by atoms with van der Waals surface area (Å²) in [7, 11) is 1.78. The molecule has 0 radical (unpaired) electrons. The third kappa shape index (κ3) is 1.99. The van der Waals surface area contributed by atoms with Crippen molar-refractivity contribution in [1.82, 2.24) is 9.61 Å². The van der Waals surface area contributed by atoms with Crippen LogP contribution in [0.1, 0.15) is 10.5 Å². The first-order valence-corrected chi connectivity index (χ1v) is 6.19. The van der Waals surface area contributed by atoms with Crippen molar-refractivity contribution in [2.45, 2.75) is 0 Å². The van der Waals surface area contributed by atoms with Crippen LogP contribution in [0, 0.1) is 0 Å². The van der Waals surface area contributed by atoms with E-state index in [1.165, 1.54) is 0 Å². The summed E-state index contributed by atoms with van der Waals surface area (Å²) < 4.78 is 1.59. The minimum absolute atomic E-state index is 0.0340. The van der Waals surface area contributed by atoms with Crippen LogP contribution in [0.5, 0.6) is 0 Å². The molecular formula is C15H13N3O2. The molecule has 2 heterocycles. The summed E-state index contributed by atoms with van der Waals surface area (Å²) in [5, 5.41) is 16.2. The van der Waals surface area contributed by atoms with Crippen LogP contribution in [0.25, 0.3) is 16.6 Å². The van der Waals surface area contributed by atoms with Crippen molar-refractivity contribution in [2.24, 2.45) is 0 Å². The molecule has 0 aliphatic heterocycles. The minimum Gasteiger partial charge on any atom is -0.476 e. The second-order valence-electron chi connectivity index (χ2n) is 4.42. The van der Waals surface area contributed by atoms with E-state index in [0.717, 1.165) is 22.5 Å². The Kier molecular flexibility index (Phi) is 2.87. The van der Waals surface area contributed by atoms with Gasteiger partial charge >= 0.3 is 5.97 Å². The summed E-state index contributed by atoms with van der Waals surface area (Å²) in [6.45, 7) is 0. The normalized spacial score (nSPS) is 10.7. The number of aromatic carboxylic acids is 1. The van der Waals surface area contributed by atoms with E-state index in [0.29, 0.717) is 0 Å². The molecule has 100 valence electrons. The van der Waals surface area contributed by atoms with Gasteiger partial charge in [0, 0.05) is 7.05 Å². The van der Waals surface area contributed by atoms with Gasteiger partial charge in [0.15, 0.2) is 5.69 Å². The first-order chi connectivity index (χ1) is 9.69. The Morgan fingerprint density at radius 1 is 1.15 bits per heavy atom. The summed E-state index contributed by atoms with van der Waals surface area (Å²) >= 11 is 0. The fourth-order valence-electron chi connectivity index (χ4n) is 2.18. The zero-order chi connectivity index (χ0) is 14.1. The van der Waals surface area contributed by atoms with Crippen molar-refractivity contribution >= 4 is 17.3 Å². The monoisotopic (exact) mass is 267 g/mol. The zero-order valence-corrected chi connectivity index (χ0v) is 10.9. The van der Waals surface area contributed by atoms with Gasteiger partial charge in [-0.1, -0.05) is 30.3 Å². The molecule has 0 bridgehead atoms. The zero-order valence-electron chi connectivity index (χ0n) is 10.9. The van der Waals surface area contributed by atoms with Crippen molar-refractivity contribution in [3.63, 3.8) is 0 Å². The molecule has 5 nitrogen and oxygen atoms in total. The Hall–Kier alpha value is -2.82. The molecule has 3 rings (SSSR count). The van der Waals surface area contributed by atoms with E-state index in [-0.39, 0.29) is 5.69 Å². The maximum absolute atomic E-state index is 11.0. The first-order valence-electron chi connectivity index (χ1n) is 6.19. The van der Waals surface area contributed by atoms with Gasteiger partial charge < -0.3 is 10.4 Å². The number of carboxylic acids is 1. The SMILES string of the molecule is CNc1cc(-c2ccccc2)cc2cc(C(=O)O)nn12. The fraction of sp³-hybridized carbons (Fsp3) is 0.0667. The number of nitrogens with zero attached hydrogens (tertiary/aromatic N) is 2. The highest BCUT2D eigenvalue weighted by atomic mass is 16.4. The van der Waals surface area contributed by atoms with Crippen molar-refractivity contribution in [2.75, 3.05) is 12.4 Å². The van der Waals surface area contributed by atoms with Gasteiger partial charge in [0.25, 0.3) is 0 Å². The highest BCUT2D eigenvalue weighted by Crippen LogP contribution is 2.25. The van der Waals surface area contributed by atoms with Gasteiger partial charge in [-0.25, -0.2) is 9.31 Å². The average molecular weight is 267 g/mol. The lowest BCUT2D eigenvalue weighted by Gasteiger charge is -2.08. The topological polar surface area (TPSA) is 66.6 Å². The maximum atomic E-state index is 11.0. The molecule has 20 heavy (non-hydrogen) atoms. The number of hydrogen-bond donors (Lipinski definition) is 2. The number of hydrogen-bond acceptors (Lipinski definition) is 3. The van der Waals surface area contributed by atoms with Gasteiger partial charge in [-0.2, -0.15) is 5.10 Å².